The molecule has 2 aromatic rings. The highest BCUT2D eigenvalue weighted by molar-refractivity contribution is 6.33. The Kier molecular flexibility index (Phi) is 5.36. The number of nitrogens with two attached hydrogens (primary N) is 1. The van der Waals surface area contributed by atoms with Gasteiger partial charge in [-0.25, -0.2) is 9.67 Å². The third kappa shape index (κ3) is 3.77. The highest BCUT2D eigenvalue weighted by atomic mass is 35.5. The van der Waals surface area contributed by atoms with E-state index in [0.717, 1.165) is 37.6 Å². The van der Waals surface area contributed by atoms with Crippen molar-refractivity contribution in [2.24, 2.45) is 5.92 Å². The van der Waals surface area contributed by atoms with Crippen LogP contribution < -0.4 is 10.5 Å². The minimum absolute atomic E-state index is 0.0834. The molecular formula is C18H24ClN5O2. The van der Waals surface area contributed by atoms with E-state index in [9.17, 15) is 4.79 Å². The standard InChI is InChI=1S/C18H24ClN5O2/c1-11-21-12(2)24(22-11)10-13-5-4-6-23(9-13)18(25)14-7-15(19)16(20)8-17(14)26-3/h7-8,13H,4-6,9-10,20H2,1-3H3. The number of aryl methyl sites for hydroxylation is 2. The molecule has 26 heavy (non-hydrogen) atoms. The lowest BCUT2D eigenvalue weighted by Crippen LogP contribution is -2.41. The highest BCUT2D eigenvalue weighted by Crippen LogP contribution is 2.31. The Bertz CT molecular complexity index is 820. The molecule has 7 nitrogen and oxygen atoms in total. The number of rotatable bonds is 4. The molecule has 1 aliphatic rings. The first-order valence-electron chi connectivity index (χ1n) is 8.69. The average Bonchev–Trinajstić information content (AvgIpc) is 2.93. The first-order valence-corrected chi connectivity index (χ1v) is 9.07. The summed E-state index contributed by atoms with van der Waals surface area (Å²) in [5.74, 6) is 2.37. The Balaban J connectivity index is 1.76. The molecule has 1 aromatic heterocycles. The maximum atomic E-state index is 13.0. The summed E-state index contributed by atoms with van der Waals surface area (Å²) >= 11 is 6.11. The predicted molar refractivity (Wildman–Crippen MR) is 101 cm³/mol. The van der Waals surface area contributed by atoms with Crippen LogP contribution in [-0.4, -0.2) is 45.8 Å². The van der Waals surface area contributed by atoms with Gasteiger partial charge in [0.25, 0.3) is 5.91 Å². The number of carbonyl (C=O) groups is 1. The van der Waals surface area contributed by atoms with E-state index in [2.05, 4.69) is 10.1 Å². The van der Waals surface area contributed by atoms with Gasteiger partial charge in [0.2, 0.25) is 0 Å². The summed E-state index contributed by atoms with van der Waals surface area (Å²) in [6, 6.07) is 3.19. The number of likely N-dealkylation sites (tertiary alicyclic amines) is 1. The molecule has 2 heterocycles. The zero-order valence-electron chi connectivity index (χ0n) is 15.3. The summed E-state index contributed by atoms with van der Waals surface area (Å²) in [5.41, 5.74) is 6.66. The van der Waals surface area contributed by atoms with Gasteiger partial charge in [-0.1, -0.05) is 11.6 Å². The molecule has 0 saturated carbocycles. The number of amides is 1. The second kappa shape index (κ2) is 7.53. The van der Waals surface area contributed by atoms with Crippen LogP contribution in [0.15, 0.2) is 12.1 Å². The van der Waals surface area contributed by atoms with Crippen molar-refractivity contribution in [2.75, 3.05) is 25.9 Å². The molecule has 8 heteroatoms. The second-order valence-electron chi connectivity index (χ2n) is 6.72. The van der Waals surface area contributed by atoms with Gasteiger partial charge in [0, 0.05) is 25.7 Å². The molecule has 0 aliphatic carbocycles. The first kappa shape index (κ1) is 18.5. The third-order valence-corrected chi connectivity index (χ3v) is 5.08. The van der Waals surface area contributed by atoms with Gasteiger partial charge < -0.3 is 15.4 Å². The zero-order valence-corrected chi connectivity index (χ0v) is 16.1. The van der Waals surface area contributed by atoms with Gasteiger partial charge in [0.1, 0.15) is 17.4 Å². The molecule has 3 rings (SSSR count). The lowest BCUT2D eigenvalue weighted by Gasteiger charge is -2.33. The van der Waals surface area contributed by atoms with Crippen molar-refractivity contribution < 1.29 is 9.53 Å². The molecule has 0 radical (unpaired) electrons. The van der Waals surface area contributed by atoms with E-state index in [-0.39, 0.29) is 5.91 Å². The molecule has 1 aromatic carbocycles. The van der Waals surface area contributed by atoms with Crippen molar-refractivity contribution in [3.63, 3.8) is 0 Å². The molecule has 0 bridgehead atoms. The topological polar surface area (TPSA) is 86.3 Å². The van der Waals surface area contributed by atoms with Crippen molar-refractivity contribution in [1.82, 2.24) is 19.7 Å². The molecule has 1 amide bonds. The number of carbonyl (C=O) groups excluding carboxylic acids is 1. The van der Waals surface area contributed by atoms with E-state index in [0.29, 0.717) is 34.5 Å². The van der Waals surface area contributed by atoms with E-state index in [1.165, 1.54) is 7.11 Å². The van der Waals surface area contributed by atoms with Crippen LogP contribution >= 0.6 is 11.6 Å². The van der Waals surface area contributed by atoms with Crippen molar-refractivity contribution >= 4 is 23.2 Å². The fraction of sp³-hybridized carbons (Fsp3) is 0.500. The number of halogens is 1. The molecule has 1 unspecified atom stereocenters. The number of aromatic nitrogens is 3. The van der Waals surface area contributed by atoms with Crippen LogP contribution in [0.4, 0.5) is 5.69 Å². The van der Waals surface area contributed by atoms with Crippen LogP contribution in [0.2, 0.25) is 5.02 Å². The van der Waals surface area contributed by atoms with E-state index in [1.54, 1.807) is 12.1 Å². The number of benzene rings is 1. The number of piperidine rings is 1. The number of methoxy groups -OCH3 is 1. The fourth-order valence-electron chi connectivity index (χ4n) is 3.45. The summed E-state index contributed by atoms with van der Waals surface area (Å²) in [5, 5.41) is 4.79. The van der Waals surface area contributed by atoms with Crippen LogP contribution in [0.25, 0.3) is 0 Å². The summed E-state index contributed by atoms with van der Waals surface area (Å²) < 4.78 is 7.25. The van der Waals surface area contributed by atoms with Gasteiger partial charge in [0.15, 0.2) is 0 Å². The lowest BCUT2D eigenvalue weighted by atomic mass is 9.97. The average molecular weight is 378 g/mol. The molecule has 2 N–H and O–H groups in total. The minimum atomic E-state index is -0.0834. The Morgan fingerprint density at radius 2 is 2.19 bits per heavy atom. The first-order chi connectivity index (χ1) is 12.4. The summed E-state index contributed by atoms with van der Waals surface area (Å²) in [6.07, 6.45) is 2.01. The fourth-order valence-corrected chi connectivity index (χ4v) is 3.62. The van der Waals surface area contributed by atoms with Crippen molar-refractivity contribution in [1.29, 1.82) is 0 Å². The largest absolute Gasteiger partial charge is 0.496 e. The maximum Gasteiger partial charge on any atom is 0.257 e. The Hall–Kier alpha value is -2.28. The van der Waals surface area contributed by atoms with Crippen molar-refractivity contribution in [2.45, 2.75) is 33.2 Å². The summed E-state index contributed by atoms with van der Waals surface area (Å²) in [4.78, 5) is 19.2. The van der Waals surface area contributed by atoms with Gasteiger partial charge in [-0.15, -0.1) is 0 Å². The molecule has 1 saturated heterocycles. The van der Waals surface area contributed by atoms with Crippen LogP contribution in [0.1, 0.15) is 34.8 Å². The smallest absolute Gasteiger partial charge is 0.257 e. The summed E-state index contributed by atoms with van der Waals surface area (Å²) in [6.45, 7) is 5.98. The molecule has 140 valence electrons. The molecule has 1 aliphatic heterocycles. The van der Waals surface area contributed by atoms with Crippen molar-refractivity contribution in [3.8, 4) is 5.75 Å². The normalized spacial score (nSPS) is 17.4. The predicted octanol–water partition coefficient (Wildman–Crippen LogP) is 2.69. The molecular weight excluding hydrogens is 354 g/mol. The SMILES string of the molecule is COc1cc(N)c(Cl)cc1C(=O)N1CCCC(Cn2nc(C)nc2C)C1. The van der Waals surface area contributed by atoms with E-state index in [1.807, 2.05) is 23.4 Å². The molecule has 1 atom stereocenters. The number of anilines is 1. The Labute approximate surface area is 158 Å². The Morgan fingerprint density at radius 1 is 1.42 bits per heavy atom. The van der Waals surface area contributed by atoms with Gasteiger partial charge >= 0.3 is 0 Å². The highest BCUT2D eigenvalue weighted by Gasteiger charge is 2.27. The lowest BCUT2D eigenvalue weighted by molar-refractivity contribution is 0.0656. The third-order valence-electron chi connectivity index (χ3n) is 4.75. The van der Waals surface area contributed by atoms with Gasteiger partial charge in [-0.05, 0) is 38.7 Å². The van der Waals surface area contributed by atoms with E-state index >= 15 is 0 Å². The zero-order chi connectivity index (χ0) is 18.8. The van der Waals surface area contributed by atoms with Gasteiger partial charge in [-0.2, -0.15) is 5.10 Å². The van der Waals surface area contributed by atoms with Crippen LogP contribution in [0.3, 0.4) is 0 Å². The number of ether oxygens (including phenoxy) is 1. The minimum Gasteiger partial charge on any atom is -0.496 e. The second-order valence-corrected chi connectivity index (χ2v) is 7.13. The Morgan fingerprint density at radius 3 is 2.85 bits per heavy atom. The van der Waals surface area contributed by atoms with E-state index in [4.69, 9.17) is 22.1 Å². The quantitative estimate of drug-likeness (QED) is 0.828. The monoisotopic (exact) mass is 377 g/mol. The number of hydrogen-bond donors (Lipinski definition) is 1. The maximum absolute atomic E-state index is 13.0. The number of nitrogens with zero attached hydrogens (tertiary/aromatic N) is 4. The van der Waals surface area contributed by atoms with Crippen molar-refractivity contribution in [3.05, 3.63) is 34.4 Å². The molecule has 0 spiro atoms. The van der Waals surface area contributed by atoms with E-state index < -0.39 is 0 Å². The van der Waals surface area contributed by atoms with Gasteiger partial charge in [-0.3, -0.25) is 4.79 Å². The van der Waals surface area contributed by atoms with Crippen LogP contribution in [0, 0.1) is 19.8 Å². The van der Waals surface area contributed by atoms with Crippen LogP contribution in [0.5, 0.6) is 5.75 Å². The van der Waals surface area contributed by atoms with Crippen LogP contribution in [-0.2, 0) is 6.54 Å². The number of nitrogen functional groups attached to an aromatic ring is 1. The summed E-state index contributed by atoms with van der Waals surface area (Å²) in [7, 11) is 1.52. The van der Waals surface area contributed by atoms with Gasteiger partial charge in [0.05, 0.1) is 23.4 Å². The number of hydrogen-bond acceptors (Lipinski definition) is 5. The molecule has 1 fully saturated rings.